The highest BCUT2D eigenvalue weighted by atomic mass is 35.5. The standard InChI is InChI=1S/C18H22ClNO4/c1-2-24-16(22)9-15(17-13-7-12(21)8-14(13)17)20-18(23)10-3-5-11(19)6-4-10/h3-6,12-15,17,21H,2,7-9H2,1H3,(H,20,23). The number of aliphatic hydroxyl groups is 1. The van der Waals surface area contributed by atoms with E-state index in [4.69, 9.17) is 16.3 Å². The molecule has 6 heteroatoms. The lowest BCUT2D eigenvalue weighted by atomic mass is 9.99. The summed E-state index contributed by atoms with van der Waals surface area (Å²) < 4.78 is 5.04. The summed E-state index contributed by atoms with van der Waals surface area (Å²) >= 11 is 5.85. The van der Waals surface area contributed by atoms with Crippen LogP contribution in [-0.2, 0) is 9.53 Å². The van der Waals surface area contributed by atoms with E-state index < -0.39 is 0 Å². The van der Waals surface area contributed by atoms with E-state index in [2.05, 4.69) is 5.32 Å². The predicted molar refractivity (Wildman–Crippen MR) is 89.7 cm³/mol. The van der Waals surface area contributed by atoms with Crippen molar-refractivity contribution in [1.29, 1.82) is 0 Å². The third-order valence-corrected chi connectivity index (χ3v) is 5.32. The number of halogens is 1. The number of hydrogen-bond acceptors (Lipinski definition) is 4. The number of rotatable bonds is 6. The van der Waals surface area contributed by atoms with Gasteiger partial charge in [0.25, 0.3) is 5.91 Å². The zero-order valence-corrected chi connectivity index (χ0v) is 14.3. The number of amides is 1. The molecule has 2 N–H and O–H groups in total. The first-order valence-corrected chi connectivity index (χ1v) is 8.77. The molecule has 1 aromatic carbocycles. The fourth-order valence-corrected chi connectivity index (χ4v) is 4.12. The van der Waals surface area contributed by atoms with Crippen LogP contribution in [0.25, 0.3) is 0 Å². The van der Waals surface area contributed by atoms with Crippen LogP contribution in [0.5, 0.6) is 0 Å². The van der Waals surface area contributed by atoms with E-state index in [1.807, 2.05) is 0 Å². The summed E-state index contributed by atoms with van der Waals surface area (Å²) in [4.78, 5) is 24.4. The number of hydrogen-bond donors (Lipinski definition) is 2. The lowest BCUT2D eigenvalue weighted by Gasteiger charge is -2.21. The lowest BCUT2D eigenvalue weighted by Crippen LogP contribution is -2.40. The van der Waals surface area contributed by atoms with Crippen LogP contribution < -0.4 is 5.32 Å². The zero-order chi connectivity index (χ0) is 17.3. The largest absolute Gasteiger partial charge is 0.466 e. The van der Waals surface area contributed by atoms with Crippen molar-refractivity contribution in [2.45, 2.75) is 38.3 Å². The van der Waals surface area contributed by atoms with E-state index >= 15 is 0 Å². The van der Waals surface area contributed by atoms with Crippen LogP contribution in [0.1, 0.15) is 36.5 Å². The molecule has 2 aliphatic carbocycles. The number of benzene rings is 1. The third kappa shape index (κ3) is 3.73. The Morgan fingerprint density at radius 3 is 2.50 bits per heavy atom. The van der Waals surface area contributed by atoms with Gasteiger partial charge in [-0.15, -0.1) is 0 Å². The second-order valence-electron chi connectivity index (χ2n) is 6.63. The Morgan fingerprint density at radius 2 is 1.92 bits per heavy atom. The highest BCUT2D eigenvalue weighted by Gasteiger charge is 2.59. The van der Waals surface area contributed by atoms with E-state index in [0.29, 0.717) is 29.0 Å². The highest BCUT2D eigenvalue weighted by Crippen LogP contribution is 2.59. The van der Waals surface area contributed by atoms with Gasteiger partial charge in [-0.25, -0.2) is 0 Å². The summed E-state index contributed by atoms with van der Waals surface area (Å²) in [6.45, 7) is 2.09. The molecule has 0 aliphatic heterocycles. The number of esters is 1. The van der Waals surface area contributed by atoms with E-state index in [1.165, 1.54) is 0 Å². The lowest BCUT2D eigenvalue weighted by molar-refractivity contribution is -0.143. The minimum absolute atomic E-state index is 0.168. The molecule has 2 aliphatic rings. The van der Waals surface area contributed by atoms with Crippen molar-refractivity contribution in [2.75, 3.05) is 6.61 Å². The normalized spacial score (nSPS) is 28.8. The van der Waals surface area contributed by atoms with Gasteiger partial charge in [-0.05, 0) is 61.8 Å². The van der Waals surface area contributed by atoms with Crippen LogP contribution in [0, 0.1) is 17.8 Å². The smallest absolute Gasteiger partial charge is 0.307 e. The molecular weight excluding hydrogens is 330 g/mol. The molecule has 1 amide bonds. The van der Waals surface area contributed by atoms with Crippen LogP contribution in [0.4, 0.5) is 0 Å². The minimum atomic E-state index is -0.301. The fourth-order valence-electron chi connectivity index (χ4n) is 4.00. The number of ether oxygens (including phenoxy) is 1. The second-order valence-corrected chi connectivity index (χ2v) is 7.06. The van der Waals surface area contributed by atoms with Crippen LogP contribution in [0.3, 0.4) is 0 Å². The molecule has 0 heterocycles. The predicted octanol–water partition coefficient (Wildman–Crippen LogP) is 2.41. The molecule has 3 rings (SSSR count). The van der Waals surface area contributed by atoms with Gasteiger partial charge in [0.05, 0.1) is 19.1 Å². The van der Waals surface area contributed by atoms with Crippen molar-refractivity contribution >= 4 is 23.5 Å². The molecule has 24 heavy (non-hydrogen) atoms. The summed E-state index contributed by atoms with van der Waals surface area (Å²) in [7, 11) is 0. The zero-order valence-electron chi connectivity index (χ0n) is 13.6. The molecule has 0 spiro atoms. The monoisotopic (exact) mass is 351 g/mol. The Bertz CT molecular complexity index is 606. The Morgan fingerprint density at radius 1 is 1.29 bits per heavy atom. The summed E-state index contributed by atoms with van der Waals surface area (Å²) in [5, 5.41) is 13.2. The van der Waals surface area contributed by atoms with Crippen molar-refractivity contribution in [1.82, 2.24) is 5.32 Å². The van der Waals surface area contributed by atoms with Crippen molar-refractivity contribution in [3.05, 3.63) is 34.9 Å². The maximum atomic E-state index is 12.5. The van der Waals surface area contributed by atoms with Crippen molar-refractivity contribution < 1.29 is 19.4 Å². The molecular formula is C18H22ClNO4. The summed E-state index contributed by atoms with van der Waals surface area (Å²) in [6, 6.07) is 6.40. The molecule has 2 saturated carbocycles. The van der Waals surface area contributed by atoms with Crippen molar-refractivity contribution in [2.24, 2.45) is 17.8 Å². The first-order valence-electron chi connectivity index (χ1n) is 8.39. The quantitative estimate of drug-likeness (QED) is 0.772. The first kappa shape index (κ1) is 17.2. The van der Waals surface area contributed by atoms with E-state index in [1.54, 1.807) is 31.2 Å². The molecule has 3 atom stereocenters. The average Bonchev–Trinajstić information content (AvgIpc) is 3.04. The highest BCUT2D eigenvalue weighted by molar-refractivity contribution is 6.30. The maximum Gasteiger partial charge on any atom is 0.307 e. The second kappa shape index (κ2) is 7.11. The van der Waals surface area contributed by atoms with Gasteiger partial charge >= 0.3 is 5.97 Å². The van der Waals surface area contributed by atoms with E-state index in [9.17, 15) is 14.7 Å². The number of nitrogens with one attached hydrogen (secondary N) is 1. The van der Waals surface area contributed by atoms with Crippen LogP contribution in [-0.4, -0.2) is 35.7 Å². The SMILES string of the molecule is CCOC(=O)CC(NC(=O)c1ccc(Cl)cc1)C1C2CC(O)CC21. The number of carbonyl (C=O) groups excluding carboxylic acids is 2. The molecule has 2 fully saturated rings. The molecule has 0 saturated heterocycles. The number of carbonyl (C=O) groups is 2. The van der Waals surface area contributed by atoms with Gasteiger partial charge in [0.2, 0.25) is 0 Å². The number of aliphatic hydroxyl groups excluding tert-OH is 1. The van der Waals surface area contributed by atoms with Gasteiger partial charge in [0, 0.05) is 16.6 Å². The molecule has 130 valence electrons. The molecule has 0 radical (unpaired) electrons. The summed E-state index contributed by atoms with van der Waals surface area (Å²) in [5.74, 6) is 0.514. The Balaban J connectivity index is 1.67. The Labute approximate surface area is 146 Å². The van der Waals surface area contributed by atoms with Crippen molar-refractivity contribution in [3.8, 4) is 0 Å². The van der Waals surface area contributed by atoms with Gasteiger partial charge in [0.15, 0.2) is 0 Å². The van der Waals surface area contributed by atoms with Gasteiger partial charge in [-0.2, -0.15) is 0 Å². The Kier molecular flexibility index (Phi) is 5.11. The molecule has 5 nitrogen and oxygen atoms in total. The molecule has 0 bridgehead atoms. The average molecular weight is 352 g/mol. The van der Waals surface area contributed by atoms with Crippen LogP contribution >= 0.6 is 11.6 Å². The molecule has 3 unspecified atom stereocenters. The van der Waals surface area contributed by atoms with Crippen LogP contribution in [0.15, 0.2) is 24.3 Å². The molecule has 0 aromatic heterocycles. The summed E-state index contributed by atoms with van der Waals surface area (Å²) in [5.41, 5.74) is 0.513. The summed E-state index contributed by atoms with van der Waals surface area (Å²) in [6.07, 6.45) is 1.43. The number of fused-ring (bicyclic) bond motifs is 1. The van der Waals surface area contributed by atoms with Gasteiger partial charge in [-0.1, -0.05) is 11.6 Å². The minimum Gasteiger partial charge on any atom is -0.466 e. The van der Waals surface area contributed by atoms with Crippen LogP contribution in [0.2, 0.25) is 5.02 Å². The van der Waals surface area contributed by atoms with Crippen molar-refractivity contribution in [3.63, 3.8) is 0 Å². The molecule has 1 aromatic rings. The van der Waals surface area contributed by atoms with Gasteiger partial charge < -0.3 is 15.2 Å². The van der Waals surface area contributed by atoms with E-state index in [-0.39, 0.29) is 36.4 Å². The first-order chi connectivity index (χ1) is 11.5. The maximum absolute atomic E-state index is 12.5. The Hall–Kier alpha value is -1.59. The van der Waals surface area contributed by atoms with E-state index in [0.717, 1.165) is 12.8 Å². The fraction of sp³-hybridized carbons (Fsp3) is 0.556. The third-order valence-electron chi connectivity index (χ3n) is 5.07. The van der Waals surface area contributed by atoms with Gasteiger partial charge in [-0.3, -0.25) is 9.59 Å². The topological polar surface area (TPSA) is 75.6 Å². The van der Waals surface area contributed by atoms with Gasteiger partial charge in [0.1, 0.15) is 0 Å².